The number of fused-ring (bicyclic) bond motifs is 1. The van der Waals surface area contributed by atoms with Gasteiger partial charge in [0, 0.05) is 48.9 Å². The van der Waals surface area contributed by atoms with Crippen molar-refractivity contribution in [3.8, 4) is 23.1 Å². The highest BCUT2D eigenvalue weighted by atomic mass is 35.5. The van der Waals surface area contributed by atoms with E-state index in [0.29, 0.717) is 76.3 Å². The minimum atomic E-state index is 0.152. The molecule has 1 spiro atoms. The number of hydrogen-bond acceptors (Lipinski definition) is 8. The van der Waals surface area contributed by atoms with E-state index in [1.807, 2.05) is 24.8 Å². The van der Waals surface area contributed by atoms with Gasteiger partial charge in [0.15, 0.2) is 11.5 Å². The van der Waals surface area contributed by atoms with E-state index in [2.05, 4.69) is 9.97 Å². The van der Waals surface area contributed by atoms with Crippen LogP contribution in [0.2, 0.25) is 5.02 Å². The van der Waals surface area contributed by atoms with Crippen LogP contribution >= 0.6 is 11.6 Å². The minimum Gasteiger partial charge on any atom is -0.493 e. The summed E-state index contributed by atoms with van der Waals surface area (Å²) in [6, 6.07) is 8.83. The van der Waals surface area contributed by atoms with E-state index in [9.17, 15) is 9.59 Å². The molecule has 0 saturated carbocycles. The number of ether oxygens (including phenoxy) is 4. The zero-order valence-electron chi connectivity index (χ0n) is 24.5. The summed E-state index contributed by atoms with van der Waals surface area (Å²) < 4.78 is 23.1. The molecule has 2 aliphatic heterocycles. The number of benzene rings is 2. The molecule has 42 heavy (non-hydrogen) atoms. The number of carbonyl (C=O) groups is 2. The molecule has 10 heteroatoms. The van der Waals surface area contributed by atoms with Crippen LogP contribution in [0.15, 0.2) is 36.7 Å². The number of halogens is 1. The van der Waals surface area contributed by atoms with Crippen LogP contribution in [0.5, 0.6) is 23.1 Å². The number of aromatic nitrogens is 2. The third-order valence-electron chi connectivity index (χ3n) is 7.93. The molecule has 0 unspecified atom stereocenters. The molecule has 3 aromatic rings. The normalized spacial score (nSPS) is 16.0. The molecule has 5 rings (SSSR count). The van der Waals surface area contributed by atoms with Gasteiger partial charge >= 0.3 is 0 Å². The van der Waals surface area contributed by atoms with Gasteiger partial charge in [-0.05, 0) is 48.9 Å². The van der Waals surface area contributed by atoms with Gasteiger partial charge in [-0.25, -0.2) is 9.97 Å². The molecule has 0 radical (unpaired) electrons. The van der Waals surface area contributed by atoms with Gasteiger partial charge in [-0.1, -0.05) is 31.5 Å². The van der Waals surface area contributed by atoms with Crippen molar-refractivity contribution >= 4 is 34.2 Å². The third kappa shape index (κ3) is 7.13. The third-order valence-corrected chi connectivity index (χ3v) is 8.28. The summed E-state index contributed by atoms with van der Waals surface area (Å²) >= 11 is 6.48. The Hall–Kier alpha value is -3.43. The van der Waals surface area contributed by atoms with E-state index in [-0.39, 0.29) is 18.1 Å². The molecule has 2 saturated heterocycles. The predicted molar refractivity (Wildman–Crippen MR) is 160 cm³/mol. The number of methoxy groups -OCH3 is 1. The zero-order chi connectivity index (χ0) is 29.7. The van der Waals surface area contributed by atoms with Crippen LogP contribution in [0.1, 0.15) is 51.5 Å². The molecule has 0 N–H and O–H groups in total. The van der Waals surface area contributed by atoms with E-state index in [1.165, 1.54) is 6.33 Å². The molecular formula is C32H38ClN3O6. The number of hydrogen-bond donors (Lipinski definition) is 0. The molecule has 224 valence electrons. The molecule has 0 atom stereocenters. The van der Waals surface area contributed by atoms with Crippen LogP contribution in [0.25, 0.3) is 10.9 Å². The van der Waals surface area contributed by atoms with Crippen LogP contribution in [-0.2, 0) is 20.7 Å². The molecule has 2 fully saturated rings. The maximum absolute atomic E-state index is 12.7. The van der Waals surface area contributed by atoms with Gasteiger partial charge in [0.25, 0.3) is 0 Å². The summed E-state index contributed by atoms with van der Waals surface area (Å²) in [5.41, 5.74) is 1.70. The fraction of sp³-hybridized carbons (Fsp3) is 0.500. The number of nitrogens with zero attached hydrogens (tertiary/aromatic N) is 3. The van der Waals surface area contributed by atoms with Crippen LogP contribution in [-0.4, -0.2) is 66.6 Å². The average Bonchev–Trinajstić information content (AvgIpc) is 2.95. The lowest BCUT2D eigenvalue weighted by Gasteiger charge is -2.47. The van der Waals surface area contributed by atoms with E-state index >= 15 is 0 Å². The van der Waals surface area contributed by atoms with E-state index < -0.39 is 0 Å². The van der Waals surface area contributed by atoms with Crippen molar-refractivity contribution in [3.05, 3.63) is 47.2 Å². The summed E-state index contributed by atoms with van der Waals surface area (Å²) in [7, 11) is 1.57. The molecule has 0 aliphatic carbocycles. The maximum Gasteiger partial charge on any atom is 0.230 e. The van der Waals surface area contributed by atoms with Gasteiger partial charge < -0.3 is 23.8 Å². The Morgan fingerprint density at radius 1 is 1.10 bits per heavy atom. The summed E-state index contributed by atoms with van der Waals surface area (Å²) in [6.07, 6.45) is 5.31. The van der Waals surface area contributed by atoms with Crippen LogP contribution < -0.4 is 14.2 Å². The fourth-order valence-corrected chi connectivity index (χ4v) is 5.69. The highest BCUT2D eigenvalue weighted by Crippen LogP contribution is 2.39. The number of amides is 1. The molecule has 3 heterocycles. The molecule has 2 aliphatic rings. The Morgan fingerprint density at radius 3 is 2.55 bits per heavy atom. The van der Waals surface area contributed by atoms with Gasteiger partial charge in [0.1, 0.15) is 17.9 Å². The maximum atomic E-state index is 12.7. The monoisotopic (exact) mass is 595 g/mol. The Morgan fingerprint density at radius 2 is 1.88 bits per heavy atom. The Balaban J connectivity index is 1.19. The average molecular weight is 596 g/mol. The van der Waals surface area contributed by atoms with Gasteiger partial charge in [0.2, 0.25) is 11.8 Å². The van der Waals surface area contributed by atoms with Gasteiger partial charge in [-0.15, -0.1) is 0 Å². The number of Topliss-reactive ketones (excluding diaryl/α,β-unsaturated/α-hetero) is 1. The number of likely N-dealkylation sites (tertiary alicyclic amines) is 1. The van der Waals surface area contributed by atoms with Crippen molar-refractivity contribution in [2.24, 2.45) is 11.3 Å². The van der Waals surface area contributed by atoms with E-state index in [4.69, 9.17) is 30.5 Å². The zero-order valence-corrected chi connectivity index (χ0v) is 25.2. The molecule has 0 bridgehead atoms. The quantitative estimate of drug-likeness (QED) is 0.234. The fourth-order valence-electron chi connectivity index (χ4n) is 5.45. The molecule has 1 amide bonds. The minimum absolute atomic E-state index is 0.152. The Bertz CT molecular complexity index is 1430. The van der Waals surface area contributed by atoms with E-state index in [0.717, 1.165) is 44.7 Å². The van der Waals surface area contributed by atoms with Gasteiger partial charge in [-0.3, -0.25) is 9.59 Å². The second-order valence-corrected chi connectivity index (χ2v) is 12.1. The van der Waals surface area contributed by atoms with Crippen molar-refractivity contribution in [2.45, 2.75) is 52.4 Å². The van der Waals surface area contributed by atoms with Crippen LogP contribution in [0.3, 0.4) is 0 Å². The first-order chi connectivity index (χ1) is 20.2. The van der Waals surface area contributed by atoms with Crippen molar-refractivity contribution in [1.82, 2.24) is 14.9 Å². The lowest BCUT2D eigenvalue weighted by Crippen LogP contribution is -2.52. The summed E-state index contributed by atoms with van der Waals surface area (Å²) in [4.78, 5) is 35.6. The first-order valence-electron chi connectivity index (χ1n) is 14.5. The van der Waals surface area contributed by atoms with Crippen molar-refractivity contribution in [1.29, 1.82) is 0 Å². The number of rotatable bonds is 12. The van der Waals surface area contributed by atoms with Crippen molar-refractivity contribution < 1.29 is 28.5 Å². The second-order valence-electron chi connectivity index (χ2n) is 11.7. The van der Waals surface area contributed by atoms with Crippen LogP contribution in [0.4, 0.5) is 0 Å². The lowest BCUT2D eigenvalue weighted by molar-refractivity contribution is -0.153. The highest BCUT2D eigenvalue weighted by Gasteiger charge is 2.41. The SMILES string of the molecule is COc1cc2c(Oc3ccc(CC(=O)CC(C)C)c(Cl)c3)ncnc2cc1OCCCC(=O)N1CCC2(CC1)COC2. The molecule has 1 aromatic heterocycles. The number of ketones is 1. The largest absolute Gasteiger partial charge is 0.493 e. The topological polar surface area (TPSA) is 100 Å². The molecule has 9 nitrogen and oxygen atoms in total. The summed E-state index contributed by atoms with van der Waals surface area (Å²) in [6.45, 7) is 7.69. The first-order valence-corrected chi connectivity index (χ1v) is 14.9. The van der Waals surface area contributed by atoms with Crippen molar-refractivity contribution in [3.63, 3.8) is 0 Å². The van der Waals surface area contributed by atoms with E-state index in [1.54, 1.807) is 31.4 Å². The Kier molecular flexibility index (Phi) is 9.48. The number of carbonyl (C=O) groups excluding carboxylic acids is 2. The van der Waals surface area contributed by atoms with Crippen LogP contribution in [0, 0.1) is 11.3 Å². The molecular weight excluding hydrogens is 558 g/mol. The van der Waals surface area contributed by atoms with Gasteiger partial charge in [0.05, 0.1) is 37.8 Å². The molecule has 2 aromatic carbocycles. The second kappa shape index (κ2) is 13.3. The summed E-state index contributed by atoms with van der Waals surface area (Å²) in [5.74, 6) is 2.50. The Labute approximate surface area is 251 Å². The smallest absolute Gasteiger partial charge is 0.230 e. The summed E-state index contributed by atoms with van der Waals surface area (Å²) in [5, 5.41) is 1.11. The van der Waals surface area contributed by atoms with Crippen molar-refractivity contribution in [2.75, 3.05) is 40.0 Å². The van der Waals surface area contributed by atoms with Gasteiger partial charge in [-0.2, -0.15) is 0 Å². The first kappa shape index (κ1) is 30.0. The standard InChI is InChI=1S/C32H38ClN3O6/c1-21(2)13-23(37)14-22-6-7-24(15-26(22)33)42-31-25-16-28(39-3)29(17-27(25)34-20-35-31)41-12-4-5-30(38)36-10-8-32(9-11-36)18-40-19-32/h6-7,15-17,20-21H,4-5,8-14,18-19H2,1-3H3. The highest BCUT2D eigenvalue weighted by molar-refractivity contribution is 6.31. The predicted octanol–water partition coefficient (Wildman–Crippen LogP) is 6.04. The number of piperidine rings is 1. The lowest BCUT2D eigenvalue weighted by atomic mass is 9.77.